The van der Waals surface area contributed by atoms with Crippen LogP contribution in [0.2, 0.25) is 0 Å². The molecule has 0 aromatic carbocycles. The van der Waals surface area contributed by atoms with Crippen LogP contribution >= 0.6 is 0 Å². The number of carbonyl (C=O) groups is 1. The van der Waals surface area contributed by atoms with Crippen molar-refractivity contribution in [2.24, 2.45) is 0 Å². The van der Waals surface area contributed by atoms with Crippen LogP contribution in [0.15, 0.2) is 24.5 Å². The Bertz CT molecular complexity index is 325. The van der Waals surface area contributed by atoms with E-state index in [1.807, 2.05) is 19.1 Å². The van der Waals surface area contributed by atoms with Crippen molar-refractivity contribution in [2.45, 2.75) is 38.8 Å². The number of hydrogen-bond donors (Lipinski definition) is 2. The van der Waals surface area contributed by atoms with Gasteiger partial charge < -0.3 is 10.4 Å². The van der Waals surface area contributed by atoms with Gasteiger partial charge in [0.15, 0.2) is 0 Å². The van der Waals surface area contributed by atoms with Crippen LogP contribution < -0.4 is 5.32 Å². The van der Waals surface area contributed by atoms with Gasteiger partial charge in [-0.25, -0.2) is 0 Å². The first-order chi connectivity index (χ1) is 7.59. The van der Waals surface area contributed by atoms with Gasteiger partial charge in [0, 0.05) is 18.8 Å². The third-order valence-corrected chi connectivity index (χ3v) is 2.37. The fraction of sp³-hybridized carbons (Fsp3) is 0.500. The molecule has 4 heteroatoms. The number of amides is 1. The Balaban J connectivity index is 2.40. The summed E-state index contributed by atoms with van der Waals surface area (Å²) in [6.07, 6.45) is 3.82. The number of carbonyl (C=O) groups excluding carboxylic acids is 1. The Morgan fingerprint density at radius 3 is 2.62 bits per heavy atom. The topological polar surface area (TPSA) is 62.2 Å². The second-order valence-electron chi connectivity index (χ2n) is 3.96. The van der Waals surface area contributed by atoms with E-state index in [0.717, 1.165) is 5.56 Å². The summed E-state index contributed by atoms with van der Waals surface area (Å²) in [7, 11) is 0. The van der Waals surface area contributed by atoms with Crippen molar-refractivity contribution in [1.29, 1.82) is 0 Å². The van der Waals surface area contributed by atoms with E-state index in [1.54, 1.807) is 19.3 Å². The van der Waals surface area contributed by atoms with E-state index in [2.05, 4.69) is 10.3 Å². The Hall–Kier alpha value is -1.42. The number of aromatic nitrogens is 1. The smallest absolute Gasteiger partial charge is 0.220 e. The van der Waals surface area contributed by atoms with Crippen LogP contribution in [0.3, 0.4) is 0 Å². The van der Waals surface area contributed by atoms with Crippen molar-refractivity contribution >= 4 is 5.91 Å². The molecule has 1 rings (SSSR count). The summed E-state index contributed by atoms with van der Waals surface area (Å²) in [5.74, 6) is -0.0368. The van der Waals surface area contributed by atoms with Crippen LogP contribution in [-0.2, 0) is 4.79 Å². The molecule has 0 bridgehead atoms. The molecule has 1 aromatic heterocycles. The lowest BCUT2D eigenvalue weighted by molar-refractivity contribution is -0.122. The second-order valence-corrected chi connectivity index (χ2v) is 3.96. The molecule has 0 fully saturated rings. The lowest BCUT2D eigenvalue weighted by Gasteiger charge is -2.14. The molecule has 1 aromatic rings. The van der Waals surface area contributed by atoms with Gasteiger partial charge in [-0.15, -0.1) is 0 Å². The third-order valence-electron chi connectivity index (χ3n) is 2.37. The largest absolute Gasteiger partial charge is 0.393 e. The quantitative estimate of drug-likeness (QED) is 0.792. The first kappa shape index (κ1) is 12.6. The van der Waals surface area contributed by atoms with E-state index in [-0.39, 0.29) is 11.9 Å². The molecule has 1 unspecified atom stereocenters. The first-order valence-electron chi connectivity index (χ1n) is 5.47. The highest BCUT2D eigenvalue weighted by Gasteiger charge is 2.09. The van der Waals surface area contributed by atoms with Gasteiger partial charge in [0.05, 0.1) is 12.1 Å². The maximum absolute atomic E-state index is 11.5. The van der Waals surface area contributed by atoms with E-state index < -0.39 is 6.10 Å². The zero-order valence-corrected chi connectivity index (χ0v) is 9.68. The molecule has 0 saturated heterocycles. The summed E-state index contributed by atoms with van der Waals surface area (Å²) in [6, 6.07) is 3.73. The molecule has 1 heterocycles. The highest BCUT2D eigenvalue weighted by atomic mass is 16.3. The highest BCUT2D eigenvalue weighted by molar-refractivity contribution is 5.76. The van der Waals surface area contributed by atoms with Crippen molar-refractivity contribution in [3.05, 3.63) is 30.1 Å². The summed E-state index contributed by atoms with van der Waals surface area (Å²) in [5, 5.41) is 11.9. The van der Waals surface area contributed by atoms with Gasteiger partial charge in [-0.2, -0.15) is 0 Å². The number of rotatable bonds is 5. The molecule has 1 amide bonds. The first-order valence-corrected chi connectivity index (χ1v) is 5.47. The van der Waals surface area contributed by atoms with Gasteiger partial charge in [-0.05, 0) is 38.0 Å². The molecule has 88 valence electrons. The van der Waals surface area contributed by atoms with Gasteiger partial charge in [0.25, 0.3) is 0 Å². The number of hydrogen-bond acceptors (Lipinski definition) is 3. The lowest BCUT2D eigenvalue weighted by Crippen LogP contribution is -2.27. The summed E-state index contributed by atoms with van der Waals surface area (Å²) >= 11 is 0. The summed E-state index contributed by atoms with van der Waals surface area (Å²) in [4.78, 5) is 15.4. The maximum atomic E-state index is 11.5. The highest BCUT2D eigenvalue weighted by Crippen LogP contribution is 2.10. The summed E-state index contributed by atoms with van der Waals surface area (Å²) in [5.41, 5.74) is 1.03. The predicted molar refractivity (Wildman–Crippen MR) is 61.7 cm³/mol. The molecule has 0 aliphatic heterocycles. The second kappa shape index (κ2) is 6.23. The number of pyridine rings is 1. The van der Waals surface area contributed by atoms with Gasteiger partial charge in [-0.3, -0.25) is 9.78 Å². The third kappa shape index (κ3) is 4.40. The zero-order valence-electron chi connectivity index (χ0n) is 9.68. The van der Waals surface area contributed by atoms with Crippen LogP contribution in [0, 0.1) is 0 Å². The SMILES string of the molecule is CC(O)CCC(=O)N[C@H](C)c1ccncc1. The van der Waals surface area contributed by atoms with Gasteiger partial charge in [0.1, 0.15) is 0 Å². The van der Waals surface area contributed by atoms with E-state index in [1.165, 1.54) is 0 Å². The molecule has 2 atom stereocenters. The van der Waals surface area contributed by atoms with Crippen LogP contribution in [0.5, 0.6) is 0 Å². The van der Waals surface area contributed by atoms with Crippen molar-refractivity contribution < 1.29 is 9.90 Å². The van der Waals surface area contributed by atoms with E-state index in [4.69, 9.17) is 5.11 Å². The molecular weight excluding hydrogens is 204 g/mol. The Kier molecular flexibility index (Phi) is 4.92. The Morgan fingerprint density at radius 2 is 2.06 bits per heavy atom. The van der Waals surface area contributed by atoms with E-state index in [9.17, 15) is 4.79 Å². The molecule has 0 spiro atoms. The standard InChI is InChI=1S/C12H18N2O2/c1-9(15)3-4-12(16)14-10(2)11-5-7-13-8-6-11/h5-10,15H,3-4H2,1-2H3,(H,14,16)/t9?,10-/m1/s1. The molecule has 2 N–H and O–H groups in total. The van der Waals surface area contributed by atoms with Crippen LogP contribution in [0.25, 0.3) is 0 Å². The predicted octanol–water partition coefficient (Wildman–Crippen LogP) is 1.42. The van der Waals surface area contributed by atoms with E-state index in [0.29, 0.717) is 12.8 Å². The van der Waals surface area contributed by atoms with Crippen molar-refractivity contribution in [2.75, 3.05) is 0 Å². The average Bonchev–Trinajstić information content (AvgIpc) is 2.27. The monoisotopic (exact) mass is 222 g/mol. The molecular formula is C12H18N2O2. The Labute approximate surface area is 95.7 Å². The van der Waals surface area contributed by atoms with Gasteiger partial charge in [0.2, 0.25) is 5.91 Å². The molecule has 16 heavy (non-hydrogen) atoms. The number of aliphatic hydroxyl groups excluding tert-OH is 1. The maximum Gasteiger partial charge on any atom is 0.220 e. The Morgan fingerprint density at radius 1 is 1.44 bits per heavy atom. The molecule has 0 radical (unpaired) electrons. The number of nitrogens with one attached hydrogen (secondary N) is 1. The molecule has 0 aliphatic rings. The minimum atomic E-state index is -0.429. The fourth-order valence-corrected chi connectivity index (χ4v) is 1.39. The number of nitrogens with zero attached hydrogens (tertiary/aromatic N) is 1. The molecule has 0 saturated carbocycles. The van der Waals surface area contributed by atoms with Crippen LogP contribution in [0.4, 0.5) is 0 Å². The minimum Gasteiger partial charge on any atom is -0.393 e. The molecule has 4 nitrogen and oxygen atoms in total. The van der Waals surface area contributed by atoms with Crippen LogP contribution in [0.1, 0.15) is 38.3 Å². The fourth-order valence-electron chi connectivity index (χ4n) is 1.39. The van der Waals surface area contributed by atoms with Gasteiger partial charge >= 0.3 is 0 Å². The van der Waals surface area contributed by atoms with Crippen molar-refractivity contribution in [3.63, 3.8) is 0 Å². The zero-order chi connectivity index (χ0) is 12.0. The molecule has 0 aliphatic carbocycles. The average molecular weight is 222 g/mol. The van der Waals surface area contributed by atoms with Crippen molar-refractivity contribution in [3.8, 4) is 0 Å². The van der Waals surface area contributed by atoms with Crippen molar-refractivity contribution in [1.82, 2.24) is 10.3 Å². The summed E-state index contributed by atoms with van der Waals surface area (Å²) in [6.45, 7) is 3.61. The minimum absolute atomic E-state index is 0.0236. The number of aliphatic hydroxyl groups is 1. The summed E-state index contributed by atoms with van der Waals surface area (Å²) < 4.78 is 0. The van der Waals surface area contributed by atoms with Crippen LogP contribution in [-0.4, -0.2) is 22.1 Å². The lowest BCUT2D eigenvalue weighted by atomic mass is 10.1. The van der Waals surface area contributed by atoms with E-state index >= 15 is 0 Å². The van der Waals surface area contributed by atoms with Gasteiger partial charge in [-0.1, -0.05) is 0 Å². The normalized spacial score (nSPS) is 14.2.